The van der Waals surface area contributed by atoms with E-state index >= 15 is 0 Å². The predicted molar refractivity (Wildman–Crippen MR) is 111 cm³/mol. The molecule has 1 amide bonds. The summed E-state index contributed by atoms with van der Waals surface area (Å²) in [4.78, 5) is 14.7. The van der Waals surface area contributed by atoms with Crippen LogP contribution < -0.4 is 5.32 Å². The molecule has 1 aromatic rings. The van der Waals surface area contributed by atoms with Crippen molar-refractivity contribution in [2.24, 2.45) is 0 Å². The molecule has 0 radical (unpaired) electrons. The fourth-order valence-corrected chi connectivity index (χ4v) is 4.95. The minimum Gasteiger partial charge on any atom is -0.339 e. The molecule has 1 fully saturated rings. The SMILES string of the molecule is CCCN(CCC)S(=O)(=O)c1ccc(C(=O)N2CCC(NC)CC2)cc1.Cl. The first-order valence-electron chi connectivity index (χ1n) is 9.50. The van der Waals surface area contributed by atoms with E-state index in [2.05, 4.69) is 5.32 Å². The lowest BCUT2D eigenvalue weighted by Gasteiger charge is -2.31. The lowest BCUT2D eigenvalue weighted by Crippen LogP contribution is -2.43. The second kappa shape index (κ2) is 11.0. The van der Waals surface area contributed by atoms with Crippen molar-refractivity contribution in [3.05, 3.63) is 29.8 Å². The number of carbonyl (C=O) groups excluding carboxylic acids is 1. The average molecular weight is 418 g/mol. The number of halogens is 1. The van der Waals surface area contributed by atoms with Gasteiger partial charge in [0.15, 0.2) is 0 Å². The molecule has 0 aromatic heterocycles. The van der Waals surface area contributed by atoms with Gasteiger partial charge in [0, 0.05) is 37.8 Å². The summed E-state index contributed by atoms with van der Waals surface area (Å²) in [7, 11) is -1.56. The van der Waals surface area contributed by atoms with Crippen LogP contribution in [0.5, 0.6) is 0 Å². The van der Waals surface area contributed by atoms with E-state index in [0.29, 0.717) is 24.7 Å². The molecule has 6 nitrogen and oxygen atoms in total. The van der Waals surface area contributed by atoms with E-state index in [9.17, 15) is 13.2 Å². The van der Waals surface area contributed by atoms with Crippen LogP contribution in [0, 0.1) is 0 Å². The van der Waals surface area contributed by atoms with Crippen LogP contribution in [0.1, 0.15) is 49.9 Å². The van der Waals surface area contributed by atoms with Gasteiger partial charge in [-0.05, 0) is 57.0 Å². The lowest BCUT2D eigenvalue weighted by molar-refractivity contribution is 0.0707. The zero-order valence-corrected chi connectivity index (χ0v) is 18.1. The van der Waals surface area contributed by atoms with Crippen molar-refractivity contribution in [3.63, 3.8) is 0 Å². The molecular formula is C19H32ClN3O3S. The number of benzene rings is 1. The molecule has 1 aromatic carbocycles. The van der Waals surface area contributed by atoms with Gasteiger partial charge in [0.05, 0.1) is 4.90 Å². The standard InChI is InChI=1S/C19H31N3O3S.ClH/c1-4-12-22(13-5-2)26(24,25)18-8-6-16(7-9-18)19(23)21-14-10-17(20-3)11-15-21;/h6-9,17,20H,4-5,10-15H2,1-3H3;1H. The summed E-state index contributed by atoms with van der Waals surface area (Å²) in [5.74, 6) is -0.0255. The zero-order valence-electron chi connectivity index (χ0n) is 16.5. The van der Waals surface area contributed by atoms with Crippen molar-refractivity contribution in [2.45, 2.75) is 50.5 Å². The van der Waals surface area contributed by atoms with Gasteiger partial charge < -0.3 is 10.2 Å². The Kier molecular flexibility index (Phi) is 9.73. The number of nitrogens with zero attached hydrogens (tertiary/aromatic N) is 2. The monoisotopic (exact) mass is 417 g/mol. The summed E-state index contributed by atoms with van der Waals surface area (Å²) in [5, 5.41) is 3.25. The summed E-state index contributed by atoms with van der Waals surface area (Å²) in [6.45, 7) is 6.42. The van der Waals surface area contributed by atoms with Gasteiger partial charge in [-0.3, -0.25) is 4.79 Å². The van der Waals surface area contributed by atoms with Gasteiger partial charge in [-0.25, -0.2) is 8.42 Å². The number of rotatable bonds is 8. The quantitative estimate of drug-likeness (QED) is 0.706. The van der Waals surface area contributed by atoms with Gasteiger partial charge in [-0.15, -0.1) is 12.4 Å². The second-order valence-electron chi connectivity index (χ2n) is 6.78. The van der Waals surface area contributed by atoms with Crippen LogP contribution in [0.15, 0.2) is 29.2 Å². The Morgan fingerprint density at radius 2 is 1.63 bits per heavy atom. The Morgan fingerprint density at radius 3 is 2.07 bits per heavy atom. The predicted octanol–water partition coefficient (Wildman–Crippen LogP) is 2.74. The van der Waals surface area contributed by atoms with E-state index in [1.807, 2.05) is 25.8 Å². The fourth-order valence-electron chi connectivity index (χ4n) is 3.32. The highest BCUT2D eigenvalue weighted by molar-refractivity contribution is 7.89. The molecule has 2 rings (SSSR count). The number of amides is 1. The molecule has 0 aliphatic carbocycles. The molecule has 27 heavy (non-hydrogen) atoms. The smallest absolute Gasteiger partial charge is 0.253 e. The first-order chi connectivity index (χ1) is 12.4. The Hall–Kier alpha value is -1.15. The van der Waals surface area contributed by atoms with Gasteiger partial charge in [-0.1, -0.05) is 13.8 Å². The normalized spacial score (nSPS) is 15.6. The summed E-state index contributed by atoms with van der Waals surface area (Å²) >= 11 is 0. The molecule has 1 saturated heterocycles. The van der Waals surface area contributed by atoms with E-state index < -0.39 is 10.0 Å². The van der Waals surface area contributed by atoms with Crippen molar-refractivity contribution < 1.29 is 13.2 Å². The third-order valence-electron chi connectivity index (χ3n) is 4.88. The summed E-state index contributed by atoms with van der Waals surface area (Å²) in [6.07, 6.45) is 3.44. The van der Waals surface area contributed by atoms with E-state index in [1.54, 1.807) is 24.3 Å². The minimum atomic E-state index is -3.50. The maximum absolute atomic E-state index is 12.8. The largest absolute Gasteiger partial charge is 0.339 e. The highest BCUT2D eigenvalue weighted by Crippen LogP contribution is 2.19. The molecule has 0 spiro atoms. The molecule has 0 saturated carbocycles. The minimum absolute atomic E-state index is 0. The van der Waals surface area contributed by atoms with Crippen LogP contribution in [-0.4, -0.2) is 62.8 Å². The first-order valence-corrected chi connectivity index (χ1v) is 10.9. The van der Waals surface area contributed by atoms with Gasteiger partial charge in [0.2, 0.25) is 10.0 Å². The lowest BCUT2D eigenvalue weighted by atomic mass is 10.0. The number of sulfonamides is 1. The molecule has 154 valence electrons. The molecule has 0 bridgehead atoms. The van der Waals surface area contributed by atoms with Crippen molar-refractivity contribution in [3.8, 4) is 0 Å². The average Bonchev–Trinajstić information content (AvgIpc) is 2.67. The maximum Gasteiger partial charge on any atom is 0.253 e. The fraction of sp³-hybridized carbons (Fsp3) is 0.632. The van der Waals surface area contributed by atoms with Crippen LogP contribution in [0.3, 0.4) is 0 Å². The second-order valence-corrected chi connectivity index (χ2v) is 8.72. The van der Waals surface area contributed by atoms with Gasteiger partial charge >= 0.3 is 0 Å². The van der Waals surface area contributed by atoms with Crippen molar-refractivity contribution >= 4 is 28.3 Å². The molecule has 1 heterocycles. The topological polar surface area (TPSA) is 69.7 Å². The van der Waals surface area contributed by atoms with E-state index in [-0.39, 0.29) is 23.2 Å². The number of hydrogen-bond acceptors (Lipinski definition) is 4. The van der Waals surface area contributed by atoms with E-state index in [1.165, 1.54) is 4.31 Å². The van der Waals surface area contributed by atoms with Crippen LogP contribution >= 0.6 is 12.4 Å². The number of piperidine rings is 1. The molecular weight excluding hydrogens is 386 g/mol. The van der Waals surface area contributed by atoms with Gasteiger partial charge in [0.25, 0.3) is 5.91 Å². The van der Waals surface area contributed by atoms with Gasteiger partial charge in [-0.2, -0.15) is 4.31 Å². The summed E-state index contributed by atoms with van der Waals surface area (Å²) < 4.78 is 27.1. The van der Waals surface area contributed by atoms with Gasteiger partial charge in [0.1, 0.15) is 0 Å². The summed E-state index contributed by atoms with van der Waals surface area (Å²) in [6, 6.07) is 6.85. The third-order valence-corrected chi connectivity index (χ3v) is 6.79. The number of likely N-dealkylation sites (tertiary alicyclic amines) is 1. The van der Waals surface area contributed by atoms with Crippen LogP contribution in [-0.2, 0) is 10.0 Å². The zero-order chi connectivity index (χ0) is 19.2. The molecule has 8 heteroatoms. The number of carbonyl (C=O) groups is 1. The number of nitrogens with one attached hydrogen (secondary N) is 1. The Bertz CT molecular complexity index is 681. The highest BCUT2D eigenvalue weighted by atomic mass is 35.5. The van der Waals surface area contributed by atoms with Crippen LogP contribution in [0.25, 0.3) is 0 Å². The first kappa shape index (κ1) is 23.9. The third kappa shape index (κ3) is 5.91. The highest BCUT2D eigenvalue weighted by Gasteiger charge is 2.25. The molecule has 1 aliphatic rings. The van der Waals surface area contributed by atoms with E-state index in [0.717, 1.165) is 38.8 Å². The number of hydrogen-bond donors (Lipinski definition) is 1. The Balaban J connectivity index is 0.00000364. The Morgan fingerprint density at radius 1 is 1.11 bits per heavy atom. The van der Waals surface area contributed by atoms with Crippen molar-refractivity contribution in [1.29, 1.82) is 0 Å². The maximum atomic E-state index is 12.8. The molecule has 0 atom stereocenters. The molecule has 0 unspecified atom stereocenters. The Labute approximate surface area is 169 Å². The van der Waals surface area contributed by atoms with Crippen molar-refractivity contribution in [1.82, 2.24) is 14.5 Å². The van der Waals surface area contributed by atoms with Crippen molar-refractivity contribution in [2.75, 3.05) is 33.2 Å². The van der Waals surface area contributed by atoms with E-state index in [4.69, 9.17) is 0 Å². The summed E-state index contributed by atoms with van der Waals surface area (Å²) in [5.41, 5.74) is 0.546. The van der Waals surface area contributed by atoms with Crippen LogP contribution in [0.4, 0.5) is 0 Å². The molecule has 1 aliphatic heterocycles. The molecule has 1 N–H and O–H groups in total. The van der Waals surface area contributed by atoms with Crippen LogP contribution in [0.2, 0.25) is 0 Å².